The van der Waals surface area contributed by atoms with Crippen LogP contribution in [0.5, 0.6) is 0 Å². The third-order valence-electron chi connectivity index (χ3n) is 5.51. The van der Waals surface area contributed by atoms with Gasteiger partial charge in [-0.15, -0.1) is 0 Å². The third-order valence-corrected chi connectivity index (χ3v) is 5.51. The number of hydrogen-bond acceptors (Lipinski definition) is 9. The molecule has 9 heteroatoms. The first-order valence-corrected chi connectivity index (χ1v) is 8.33. The fourth-order valence-electron chi connectivity index (χ4n) is 3.98. The molecule has 1 aliphatic carbocycles. The van der Waals surface area contributed by atoms with Crippen molar-refractivity contribution in [2.24, 2.45) is 11.8 Å². The molecule has 0 aromatic carbocycles. The molecular formula is C16H24O9. The van der Waals surface area contributed by atoms with Crippen molar-refractivity contribution in [1.82, 2.24) is 0 Å². The van der Waals surface area contributed by atoms with E-state index < -0.39 is 55.1 Å². The monoisotopic (exact) mass is 360 g/mol. The Morgan fingerprint density at radius 3 is 2.64 bits per heavy atom. The fourth-order valence-corrected chi connectivity index (χ4v) is 3.98. The van der Waals surface area contributed by atoms with Crippen molar-refractivity contribution in [3.05, 3.63) is 11.8 Å². The minimum Gasteiger partial charge on any atom is -0.471 e. The molecule has 0 amide bonds. The molecule has 2 aliphatic heterocycles. The minimum absolute atomic E-state index is 0.0245. The topological polar surface area (TPSA) is 146 Å². The van der Waals surface area contributed by atoms with Gasteiger partial charge in [0.05, 0.1) is 24.4 Å². The van der Waals surface area contributed by atoms with E-state index in [4.69, 9.17) is 14.2 Å². The van der Waals surface area contributed by atoms with E-state index in [0.717, 1.165) is 6.26 Å². The molecule has 0 spiro atoms. The normalized spacial score (nSPS) is 49.9. The van der Waals surface area contributed by atoms with Crippen LogP contribution in [0, 0.1) is 11.8 Å². The molecule has 9 atom stereocenters. The predicted molar refractivity (Wildman–Crippen MR) is 80.7 cm³/mol. The maximum Gasteiger partial charge on any atom is 0.207 e. The summed E-state index contributed by atoms with van der Waals surface area (Å²) in [5.74, 6) is -0.589. The number of aliphatic hydroxyl groups is 5. The Morgan fingerprint density at radius 2 is 2.00 bits per heavy atom. The number of ether oxygens (including phenoxy) is 3. The second-order valence-electron chi connectivity index (χ2n) is 6.99. The maximum atomic E-state index is 11.2. The predicted octanol–water partition coefficient (Wildman–Crippen LogP) is -1.98. The second-order valence-corrected chi connectivity index (χ2v) is 6.99. The van der Waals surface area contributed by atoms with Gasteiger partial charge in [-0.1, -0.05) is 6.92 Å². The van der Waals surface area contributed by atoms with Crippen LogP contribution in [0.25, 0.3) is 0 Å². The molecule has 3 rings (SSSR count). The van der Waals surface area contributed by atoms with E-state index >= 15 is 0 Å². The first-order chi connectivity index (χ1) is 11.8. The van der Waals surface area contributed by atoms with Gasteiger partial charge in [0.2, 0.25) is 6.29 Å². The zero-order valence-corrected chi connectivity index (χ0v) is 13.8. The highest BCUT2D eigenvalue weighted by Gasteiger charge is 2.56. The number of aldehydes is 1. The first kappa shape index (κ1) is 18.7. The Kier molecular flexibility index (Phi) is 5.18. The van der Waals surface area contributed by atoms with E-state index in [2.05, 4.69) is 0 Å². The number of rotatable bonds is 4. The molecule has 0 radical (unpaired) electrons. The summed E-state index contributed by atoms with van der Waals surface area (Å²) in [5, 5.41) is 49.9. The van der Waals surface area contributed by atoms with Gasteiger partial charge in [0.1, 0.15) is 30.0 Å². The lowest BCUT2D eigenvalue weighted by Crippen LogP contribution is -2.61. The van der Waals surface area contributed by atoms with Crippen LogP contribution in [-0.2, 0) is 19.0 Å². The van der Waals surface area contributed by atoms with Gasteiger partial charge in [-0.25, -0.2) is 0 Å². The number of fused-ring (bicyclic) bond motifs is 1. The molecule has 2 heterocycles. The van der Waals surface area contributed by atoms with Crippen molar-refractivity contribution in [2.45, 2.75) is 62.4 Å². The molecule has 25 heavy (non-hydrogen) atoms. The Bertz CT molecular complexity index is 536. The fraction of sp³-hybridized carbons (Fsp3) is 0.812. The Balaban J connectivity index is 1.80. The smallest absolute Gasteiger partial charge is 0.207 e. The molecule has 5 N–H and O–H groups in total. The van der Waals surface area contributed by atoms with Crippen molar-refractivity contribution in [3.63, 3.8) is 0 Å². The summed E-state index contributed by atoms with van der Waals surface area (Å²) in [6.07, 6.45) is -5.40. The van der Waals surface area contributed by atoms with E-state index in [1.54, 1.807) is 0 Å². The highest BCUT2D eigenvalue weighted by molar-refractivity contribution is 5.76. The first-order valence-electron chi connectivity index (χ1n) is 8.33. The van der Waals surface area contributed by atoms with Gasteiger partial charge in [0, 0.05) is 0 Å². The van der Waals surface area contributed by atoms with Crippen LogP contribution >= 0.6 is 0 Å². The van der Waals surface area contributed by atoms with Crippen LogP contribution in [0.15, 0.2) is 11.8 Å². The van der Waals surface area contributed by atoms with E-state index in [0.29, 0.717) is 19.1 Å². The summed E-state index contributed by atoms with van der Waals surface area (Å²) < 4.78 is 16.4. The summed E-state index contributed by atoms with van der Waals surface area (Å²) >= 11 is 0. The standard InChI is InChI=1S/C16H24O9/c1-7-2-3-16(22)8(4-17)6-23-14(10(7)16)25-15-13(21)12(20)11(19)9(5-18)24-15/h4,6-7,9-15,18-22H,2-3,5H2,1H3/t7-,9-,10-,11-,12+,13-,14-,15+,16-/m0/s1. The number of carbonyl (C=O) groups is 1. The molecule has 0 aromatic rings. The zero-order chi connectivity index (χ0) is 18.4. The van der Waals surface area contributed by atoms with Crippen molar-refractivity contribution in [1.29, 1.82) is 0 Å². The van der Waals surface area contributed by atoms with E-state index in [9.17, 15) is 30.3 Å². The summed E-state index contributed by atoms with van der Waals surface area (Å²) in [4.78, 5) is 11.2. The molecule has 142 valence electrons. The van der Waals surface area contributed by atoms with Gasteiger partial charge < -0.3 is 39.7 Å². The van der Waals surface area contributed by atoms with Crippen LogP contribution in [0.3, 0.4) is 0 Å². The van der Waals surface area contributed by atoms with Gasteiger partial charge in [-0.3, -0.25) is 4.79 Å². The lowest BCUT2D eigenvalue weighted by atomic mass is 9.80. The van der Waals surface area contributed by atoms with E-state index in [1.165, 1.54) is 0 Å². The van der Waals surface area contributed by atoms with Crippen LogP contribution in [0.4, 0.5) is 0 Å². The molecule has 3 aliphatic rings. The quantitative estimate of drug-likeness (QED) is 0.360. The summed E-state index contributed by atoms with van der Waals surface area (Å²) in [5.41, 5.74) is -1.26. The molecular weight excluding hydrogens is 336 g/mol. The van der Waals surface area contributed by atoms with Gasteiger partial charge in [0.25, 0.3) is 0 Å². The summed E-state index contributed by atoms with van der Waals surface area (Å²) in [6.45, 7) is 1.32. The molecule has 0 bridgehead atoms. The van der Waals surface area contributed by atoms with Crippen molar-refractivity contribution < 1.29 is 44.5 Å². The van der Waals surface area contributed by atoms with Crippen LogP contribution in [0.1, 0.15) is 19.8 Å². The molecule has 0 aromatic heterocycles. The number of carbonyl (C=O) groups excluding carboxylic acids is 1. The van der Waals surface area contributed by atoms with E-state index in [-0.39, 0.29) is 11.5 Å². The average molecular weight is 360 g/mol. The van der Waals surface area contributed by atoms with Crippen LogP contribution in [0.2, 0.25) is 0 Å². The molecule has 0 unspecified atom stereocenters. The summed E-state index contributed by atoms with van der Waals surface area (Å²) in [7, 11) is 0. The highest BCUT2D eigenvalue weighted by atomic mass is 16.8. The molecule has 9 nitrogen and oxygen atoms in total. The lowest BCUT2D eigenvalue weighted by Gasteiger charge is -2.44. The Hall–Kier alpha value is -1.07. The van der Waals surface area contributed by atoms with Crippen molar-refractivity contribution in [3.8, 4) is 0 Å². The lowest BCUT2D eigenvalue weighted by molar-refractivity contribution is -0.346. The Labute approximate surface area is 144 Å². The maximum absolute atomic E-state index is 11.2. The summed E-state index contributed by atoms with van der Waals surface area (Å²) in [6, 6.07) is 0. The third kappa shape index (κ3) is 2.99. The Morgan fingerprint density at radius 1 is 1.28 bits per heavy atom. The second kappa shape index (κ2) is 6.92. The SMILES string of the molecule is C[C@H]1CC[C@]2(O)C(C=O)=CO[C@@H](O[C@H]3O[C@@H](CO)[C@H](O)[C@@H](O)[C@@H]3O)[C@H]12. The van der Waals surface area contributed by atoms with Crippen molar-refractivity contribution in [2.75, 3.05) is 6.61 Å². The highest BCUT2D eigenvalue weighted by Crippen LogP contribution is 2.49. The van der Waals surface area contributed by atoms with Gasteiger partial charge in [-0.05, 0) is 18.8 Å². The molecule has 1 saturated heterocycles. The van der Waals surface area contributed by atoms with Gasteiger partial charge in [-0.2, -0.15) is 0 Å². The van der Waals surface area contributed by atoms with E-state index in [1.807, 2.05) is 6.92 Å². The zero-order valence-electron chi connectivity index (χ0n) is 13.8. The number of hydrogen-bond donors (Lipinski definition) is 5. The van der Waals surface area contributed by atoms with Crippen LogP contribution in [-0.4, -0.2) is 81.0 Å². The largest absolute Gasteiger partial charge is 0.471 e. The molecule has 1 saturated carbocycles. The van der Waals surface area contributed by atoms with Crippen molar-refractivity contribution >= 4 is 6.29 Å². The van der Waals surface area contributed by atoms with Gasteiger partial charge >= 0.3 is 0 Å². The van der Waals surface area contributed by atoms with Crippen LogP contribution < -0.4 is 0 Å². The number of aliphatic hydroxyl groups excluding tert-OH is 4. The average Bonchev–Trinajstić information content (AvgIpc) is 2.91. The molecule has 2 fully saturated rings. The van der Waals surface area contributed by atoms with Gasteiger partial charge in [0.15, 0.2) is 12.6 Å². The minimum atomic E-state index is -1.57.